The zero-order valence-corrected chi connectivity index (χ0v) is 7.73. The fourth-order valence-corrected chi connectivity index (χ4v) is 1.60. The van der Waals surface area contributed by atoms with Gasteiger partial charge in [-0.15, -0.1) is 0 Å². The van der Waals surface area contributed by atoms with Crippen LogP contribution in [0.2, 0.25) is 0 Å². The van der Waals surface area contributed by atoms with Crippen molar-refractivity contribution in [1.82, 2.24) is 4.90 Å². The predicted molar refractivity (Wildman–Crippen MR) is 48.4 cm³/mol. The first kappa shape index (κ1) is 10.2. The molecule has 0 aromatic rings. The van der Waals surface area contributed by atoms with Crippen molar-refractivity contribution in [3.8, 4) is 0 Å². The van der Waals surface area contributed by atoms with Crippen molar-refractivity contribution in [3.05, 3.63) is 12.2 Å². The first-order valence-corrected chi connectivity index (χ1v) is 4.34. The molecule has 1 saturated heterocycles. The van der Waals surface area contributed by atoms with Crippen LogP contribution in [0.25, 0.3) is 0 Å². The Bertz CT molecular complexity index is 227. The Labute approximate surface area is 77.5 Å². The fourth-order valence-electron chi connectivity index (χ4n) is 1.60. The maximum absolute atomic E-state index is 10.5. The summed E-state index contributed by atoms with van der Waals surface area (Å²) in [5.41, 5.74) is 0.181. The summed E-state index contributed by atoms with van der Waals surface area (Å²) in [5.74, 6) is -0.964. The van der Waals surface area contributed by atoms with Crippen molar-refractivity contribution < 1.29 is 15.0 Å². The minimum absolute atomic E-state index is 0.181. The standard InChI is InChI=1S/C9H15NO3/c1-6(9(12)13)4-10-5-8(11)3-7(10)2/h7-8,11H,1,3-5H2,2H3,(H,12,13). The summed E-state index contributed by atoms with van der Waals surface area (Å²) in [6.07, 6.45) is 0.393. The highest BCUT2D eigenvalue weighted by molar-refractivity contribution is 5.86. The second-order valence-electron chi connectivity index (χ2n) is 3.58. The molecule has 1 rings (SSSR count). The van der Waals surface area contributed by atoms with Gasteiger partial charge in [-0.3, -0.25) is 4.90 Å². The Kier molecular flexibility index (Phi) is 3.06. The molecule has 2 N–H and O–H groups in total. The van der Waals surface area contributed by atoms with E-state index in [1.54, 1.807) is 0 Å². The molecule has 74 valence electrons. The van der Waals surface area contributed by atoms with Crippen LogP contribution in [0.4, 0.5) is 0 Å². The van der Waals surface area contributed by atoms with Gasteiger partial charge in [0.25, 0.3) is 0 Å². The average molecular weight is 185 g/mol. The van der Waals surface area contributed by atoms with Crippen LogP contribution in [-0.2, 0) is 4.79 Å². The number of hydrogen-bond acceptors (Lipinski definition) is 3. The summed E-state index contributed by atoms with van der Waals surface area (Å²) in [6.45, 7) is 6.32. The van der Waals surface area contributed by atoms with Gasteiger partial charge in [0.05, 0.1) is 6.10 Å². The average Bonchev–Trinajstić information content (AvgIpc) is 2.30. The number of β-amino-alcohol motifs (C(OH)–C–C–N with tert-alkyl or cyclic N) is 1. The Morgan fingerprint density at radius 2 is 2.31 bits per heavy atom. The number of aliphatic hydroxyl groups is 1. The van der Waals surface area contributed by atoms with E-state index in [0.29, 0.717) is 19.5 Å². The minimum atomic E-state index is -0.964. The molecule has 2 atom stereocenters. The third-order valence-corrected chi connectivity index (χ3v) is 2.38. The van der Waals surface area contributed by atoms with Crippen LogP contribution >= 0.6 is 0 Å². The van der Waals surface area contributed by atoms with Gasteiger partial charge in [0, 0.05) is 24.7 Å². The Hall–Kier alpha value is -0.870. The molecule has 0 aliphatic carbocycles. The molecule has 0 radical (unpaired) electrons. The molecule has 0 spiro atoms. The summed E-state index contributed by atoms with van der Waals surface area (Å²) in [7, 11) is 0. The van der Waals surface area contributed by atoms with Crippen LogP contribution in [0.3, 0.4) is 0 Å². The second-order valence-corrected chi connectivity index (χ2v) is 3.58. The molecule has 1 heterocycles. The van der Waals surface area contributed by atoms with Gasteiger partial charge in [-0.25, -0.2) is 4.79 Å². The molecule has 13 heavy (non-hydrogen) atoms. The van der Waals surface area contributed by atoms with Crippen molar-refractivity contribution in [1.29, 1.82) is 0 Å². The third-order valence-electron chi connectivity index (χ3n) is 2.38. The number of nitrogens with zero attached hydrogens (tertiary/aromatic N) is 1. The largest absolute Gasteiger partial charge is 0.478 e. The third kappa shape index (κ3) is 2.54. The predicted octanol–water partition coefficient (Wildman–Crippen LogP) is 0.0823. The smallest absolute Gasteiger partial charge is 0.332 e. The molecule has 2 unspecified atom stereocenters. The normalized spacial score (nSPS) is 29.1. The molecular weight excluding hydrogens is 170 g/mol. The molecule has 4 heteroatoms. The lowest BCUT2D eigenvalue weighted by Gasteiger charge is -2.19. The van der Waals surface area contributed by atoms with Gasteiger partial charge in [-0.1, -0.05) is 6.58 Å². The number of carboxylic acids is 1. The highest BCUT2D eigenvalue weighted by atomic mass is 16.4. The van der Waals surface area contributed by atoms with E-state index in [0.717, 1.165) is 0 Å². The van der Waals surface area contributed by atoms with Crippen LogP contribution in [0.15, 0.2) is 12.2 Å². The van der Waals surface area contributed by atoms with E-state index >= 15 is 0 Å². The highest BCUT2D eigenvalue weighted by Gasteiger charge is 2.28. The number of hydrogen-bond donors (Lipinski definition) is 2. The summed E-state index contributed by atoms with van der Waals surface area (Å²) >= 11 is 0. The van der Waals surface area contributed by atoms with Crippen molar-refractivity contribution in [2.24, 2.45) is 0 Å². The number of carboxylic acid groups (broad SMARTS) is 1. The lowest BCUT2D eigenvalue weighted by molar-refractivity contribution is -0.132. The molecule has 0 bridgehead atoms. The molecular formula is C9H15NO3. The Morgan fingerprint density at radius 3 is 2.69 bits per heavy atom. The van der Waals surface area contributed by atoms with Gasteiger partial charge in [0.2, 0.25) is 0 Å². The van der Waals surface area contributed by atoms with Crippen molar-refractivity contribution in [2.75, 3.05) is 13.1 Å². The number of rotatable bonds is 3. The monoisotopic (exact) mass is 185 g/mol. The van der Waals surface area contributed by atoms with Gasteiger partial charge in [0.15, 0.2) is 0 Å². The van der Waals surface area contributed by atoms with Crippen molar-refractivity contribution in [3.63, 3.8) is 0 Å². The van der Waals surface area contributed by atoms with E-state index in [1.807, 2.05) is 11.8 Å². The number of aliphatic hydroxyl groups excluding tert-OH is 1. The summed E-state index contributed by atoms with van der Waals surface area (Å²) in [6, 6.07) is 0.242. The van der Waals surface area contributed by atoms with Crippen LogP contribution in [-0.4, -0.2) is 46.3 Å². The fraction of sp³-hybridized carbons (Fsp3) is 0.667. The highest BCUT2D eigenvalue weighted by Crippen LogP contribution is 2.17. The Morgan fingerprint density at radius 1 is 1.69 bits per heavy atom. The lowest BCUT2D eigenvalue weighted by atomic mass is 10.2. The summed E-state index contributed by atoms with van der Waals surface area (Å²) in [4.78, 5) is 12.4. The van der Waals surface area contributed by atoms with Gasteiger partial charge in [0.1, 0.15) is 0 Å². The lowest BCUT2D eigenvalue weighted by Crippen LogP contribution is -2.31. The van der Waals surface area contributed by atoms with E-state index in [2.05, 4.69) is 6.58 Å². The van der Waals surface area contributed by atoms with Crippen LogP contribution in [0.1, 0.15) is 13.3 Å². The molecule has 1 aliphatic rings. The number of aliphatic carboxylic acids is 1. The molecule has 0 aromatic carbocycles. The molecule has 0 aromatic heterocycles. The van der Waals surface area contributed by atoms with E-state index in [-0.39, 0.29) is 17.7 Å². The van der Waals surface area contributed by atoms with Gasteiger partial charge >= 0.3 is 5.97 Å². The summed E-state index contributed by atoms with van der Waals surface area (Å²) < 4.78 is 0. The molecule has 0 amide bonds. The topological polar surface area (TPSA) is 60.8 Å². The van der Waals surface area contributed by atoms with E-state index in [9.17, 15) is 9.90 Å². The van der Waals surface area contributed by atoms with Crippen LogP contribution in [0.5, 0.6) is 0 Å². The molecule has 0 saturated carbocycles. The summed E-state index contributed by atoms with van der Waals surface area (Å²) in [5, 5.41) is 17.9. The first-order chi connectivity index (χ1) is 6.00. The zero-order valence-electron chi connectivity index (χ0n) is 7.73. The van der Waals surface area contributed by atoms with Crippen LogP contribution in [0, 0.1) is 0 Å². The zero-order chi connectivity index (χ0) is 10.0. The van der Waals surface area contributed by atoms with E-state index in [1.165, 1.54) is 0 Å². The molecule has 4 nitrogen and oxygen atoms in total. The second kappa shape index (κ2) is 3.89. The van der Waals surface area contributed by atoms with Gasteiger partial charge in [-0.05, 0) is 13.3 Å². The van der Waals surface area contributed by atoms with Crippen molar-refractivity contribution >= 4 is 5.97 Å². The maximum atomic E-state index is 10.5. The van der Waals surface area contributed by atoms with E-state index in [4.69, 9.17) is 5.11 Å². The molecule has 1 aliphatic heterocycles. The first-order valence-electron chi connectivity index (χ1n) is 4.34. The molecule has 1 fully saturated rings. The number of likely N-dealkylation sites (tertiary alicyclic amines) is 1. The Balaban J connectivity index is 2.46. The van der Waals surface area contributed by atoms with Gasteiger partial charge in [-0.2, -0.15) is 0 Å². The SMILES string of the molecule is C=C(CN1CC(O)CC1C)C(=O)O. The van der Waals surface area contributed by atoms with E-state index < -0.39 is 5.97 Å². The number of carbonyl (C=O) groups is 1. The van der Waals surface area contributed by atoms with Crippen molar-refractivity contribution in [2.45, 2.75) is 25.5 Å². The quantitative estimate of drug-likeness (QED) is 0.611. The minimum Gasteiger partial charge on any atom is -0.478 e. The maximum Gasteiger partial charge on any atom is 0.332 e. The van der Waals surface area contributed by atoms with Gasteiger partial charge < -0.3 is 10.2 Å². The van der Waals surface area contributed by atoms with Crippen LogP contribution < -0.4 is 0 Å².